The van der Waals surface area contributed by atoms with E-state index in [0.717, 1.165) is 23.8 Å². The lowest BCUT2D eigenvalue weighted by Crippen LogP contribution is -2.30. The maximum atomic E-state index is 12.7. The quantitative estimate of drug-likeness (QED) is 0.535. The number of carbonyl (C=O) groups is 1. The second kappa shape index (κ2) is 8.32. The highest BCUT2D eigenvalue weighted by molar-refractivity contribution is 6.30. The van der Waals surface area contributed by atoms with E-state index in [1.165, 1.54) is 4.90 Å². The van der Waals surface area contributed by atoms with Gasteiger partial charge in [0.25, 0.3) is 17.3 Å². The maximum absolute atomic E-state index is 12.7. The molecule has 0 aromatic heterocycles. The van der Waals surface area contributed by atoms with E-state index < -0.39 is 27.1 Å². The summed E-state index contributed by atoms with van der Waals surface area (Å²) in [6.45, 7) is 1.04. The maximum Gasteiger partial charge on any atom is 0.277 e. The monoisotopic (exact) mass is 405 g/mol. The third kappa shape index (κ3) is 4.62. The van der Waals surface area contributed by atoms with E-state index in [0.29, 0.717) is 31.1 Å². The number of benzene rings is 2. The van der Waals surface area contributed by atoms with E-state index >= 15 is 0 Å². The van der Waals surface area contributed by atoms with Gasteiger partial charge in [-0.3, -0.25) is 25.0 Å². The van der Waals surface area contributed by atoms with Crippen LogP contribution in [0.4, 0.5) is 11.4 Å². The van der Waals surface area contributed by atoms with Gasteiger partial charge in [0.2, 0.25) is 0 Å². The summed E-state index contributed by atoms with van der Waals surface area (Å²) in [4.78, 5) is 34.6. The highest BCUT2D eigenvalue weighted by atomic mass is 35.5. The van der Waals surface area contributed by atoms with Gasteiger partial charge in [0.05, 0.1) is 34.2 Å². The van der Waals surface area contributed by atoms with Crippen molar-refractivity contribution in [3.63, 3.8) is 0 Å². The molecule has 9 nitrogen and oxygen atoms in total. The number of halogens is 1. The molecule has 0 aliphatic carbocycles. The van der Waals surface area contributed by atoms with Gasteiger partial charge in [-0.25, -0.2) is 0 Å². The van der Waals surface area contributed by atoms with Crippen molar-refractivity contribution in [2.45, 2.75) is 19.1 Å². The molecule has 1 fully saturated rings. The van der Waals surface area contributed by atoms with Crippen LogP contribution in [0.25, 0.3) is 0 Å². The molecule has 0 unspecified atom stereocenters. The number of nitro benzene ring substituents is 2. The fraction of sp³-hybridized carbons (Fsp3) is 0.278. The van der Waals surface area contributed by atoms with Crippen LogP contribution in [0.2, 0.25) is 5.02 Å². The van der Waals surface area contributed by atoms with Crippen molar-refractivity contribution < 1.29 is 19.4 Å². The summed E-state index contributed by atoms with van der Waals surface area (Å²) in [6.07, 6.45) is 0.403. The van der Waals surface area contributed by atoms with Crippen molar-refractivity contribution in [1.82, 2.24) is 4.90 Å². The lowest BCUT2D eigenvalue weighted by atomic mass is 10.1. The van der Waals surface area contributed by atoms with Crippen LogP contribution in [0.5, 0.6) is 0 Å². The van der Waals surface area contributed by atoms with Crippen LogP contribution in [-0.2, 0) is 11.3 Å². The van der Waals surface area contributed by atoms with Crippen LogP contribution in [0.1, 0.15) is 22.3 Å². The third-order valence-corrected chi connectivity index (χ3v) is 4.61. The molecule has 0 saturated carbocycles. The predicted molar refractivity (Wildman–Crippen MR) is 100 cm³/mol. The number of rotatable bonds is 6. The van der Waals surface area contributed by atoms with Crippen LogP contribution < -0.4 is 0 Å². The van der Waals surface area contributed by atoms with Crippen LogP contribution >= 0.6 is 11.6 Å². The zero-order valence-electron chi connectivity index (χ0n) is 14.6. The number of hydrogen-bond donors (Lipinski definition) is 0. The highest BCUT2D eigenvalue weighted by Crippen LogP contribution is 2.25. The average Bonchev–Trinajstić information content (AvgIpc) is 3.14. The smallest absolute Gasteiger partial charge is 0.277 e. The first kappa shape index (κ1) is 19.7. The molecule has 0 spiro atoms. The molecule has 1 amide bonds. The number of amides is 1. The molecular weight excluding hydrogens is 390 g/mol. The minimum absolute atomic E-state index is 0.0867. The number of nitro groups is 2. The van der Waals surface area contributed by atoms with Gasteiger partial charge in [0.1, 0.15) is 0 Å². The van der Waals surface area contributed by atoms with Gasteiger partial charge in [-0.2, -0.15) is 0 Å². The summed E-state index contributed by atoms with van der Waals surface area (Å²) in [7, 11) is 0. The summed E-state index contributed by atoms with van der Waals surface area (Å²) in [5.74, 6) is -0.499. The summed E-state index contributed by atoms with van der Waals surface area (Å²) in [5, 5.41) is 22.6. The molecule has 2 aromatic carbocycles. The van der Waals surface area contributed by atoms with E-state index in [2.05, 4.69) is 0 Å². The van der Waals surface area contributed by atoms with E-state index in [4.69, 9.17) is 16.3 Å². The molecule has 2 aromatic rings. The van der Waals surface area contributed by atoms with Crippen molar-refractivity contribution >= 4 is 28.9 Å². The van der Waals surface area contributed by atoms with Gasteiger partial charge in [-0.05, 0) is 24.1 Å². The average molecular weight is 406 g/mol. The normalized spacial score (nSPS) is 16.2. The van der Waals surface area contributed by atoms with Gasteiger partial charge >= 0.3 is 0 Å². The van der Waals surface area contributed by atoms with Crippen LogP contribution in [0.3, 0.4) is 0 Å². The molecule has 10 heteroatoms. The number of ether oxygens (including phenoxy) is 1. The first-order valence-electron chi connectivity index (χ1n) is 8.42. The molecule has 1 saturated heterocycles. The standard InChI is InChI=1S/C18H16ClN3O6/c19-14-3-1-2-12(6-14)11-28-17-4-5-20(10-17)18(23)13-7-15(21(24)25)9-16(8-13)22(26)27/h1-3,6-9,17H,4-5,10-11H2/t17-/m1/s1. The Morgan fingerprint density at radius 3 is 2.43 bits per heavy atom. The summed E-state index contributed by atoms with van der Waals surface area (Å²) >= 11 is 5.94. The largest absolute Gasteiger partial charge is 0.372 e. The summed E-state index contributed by atoms with van der Waals surface area (Å²) in [5.41, 5.74) is -0.168. The lowest BCUT2D eigenvalue weighted by molar-refractivity contribution is -0.394. The topological polar surface area (TPSA) is 116 Å². The summed E-state index contributed by atoms with van der Waals surface area (Å²) in [6, 6.07) is 10.2. The van der Waals surface area contributed by atoms with E-state index in [9.17, 15) is 25.0 Å². The molecule has 0 bridgehead atoms. The van der Waals surface area contributed by atoms with Gasteiger partial charge in [0.15, 0.2) is 0 Å². The first-order valence-corrected chi connectivity index (χ1v) is 8.80. The number of hydrogen-bond acceptors (Lipinski definition) is 6. The number of likely N-dealkylation sites (tertiary alicyclic amines) is 1. The van der Waals surface area contributed by atoms with Gasteiger partial charge in [0, 0.05) is 30.2 Å². The van der Waals surface area contributed by atoms with Crippen LogP contribution in [0.15, 0.2) is 42.5 Å². The van der Waals surface area contributed by atoms with Crippen molar-refractivity contribution in [2.24, 2.45) is 0 Å². The van der Waals surface area contributed by atoms with Crippen molar-refractivity contribution in [2.75, 3.05) is 13.1 Å². The molecule has 1 heterocycles. The van der Waals surface area contributed by atoms with Crippen molar-refractivity contribution in [3.8, 4) is 0 Å². The Morgan fingerprint density at radius 1 is 1.14 bits per heavy atom. The van der Waals surface area contributed by atoms with Crippen LogP contribution in [0, 0.1) is 20.2 Å². The Labute approximate surface area is 164 Å². The molecule has 1 aliphatic heterocycles. The Bertz CT molecular complexity index is 903. The van der Waals surface area contributed by atoms with E-state index in [1.807, 2.05) is 12.1 Å². The molecule has 0 N–H and O–H groups in total. The molecule has 146 valence electrons. The zero-order valence-corrected chi connectivity index (χ0v) is 15.4. The first-order chi connectivity index (χ1) is 13.3. The fourth-order valence-corrected chi connectivity index (χ4v) is 3.21. The number of carbonyl (C=O) groups excluding carboxylic acids is 1. The fourth-order valence-electron chi connectivity index (χ4n) is 3.00. The van der Waals surface area contributed by atoms with Crippen molar-refractivity contribution in [3.05, 3.63) is 78.8 Å². The Morgan fingerprint density at radius 2 is 1.82 bits per heavy atom. The van der Waals surface area contributed by atoms with Crippen LogP contribution in [-0.4, -0.2) is 39.8 Å². The molecule has 3 rings (SSSR count). The number of nitrogens with zero attached hydrogens (tertiary/aromatic N) is 3. The van der Waals surface area contributed by atoms with Gasteiger partial charge in [-0.1, -0.05) is 23.7 Å². The van der Waals surface area contributed by atoms with E-state index in [-0.39, 0.29) is 11.7 Å². The molecular formula is C18H16ClN3O6. The van der Waals surface area contributed by atoms with Gasteiger partial charge < -0.3 is 9.64 Å². The zero-order chi connectivity index (χ0) is 20.3. The minimum Gasteiger partial charge on any atom is -0.372 e. The molecule has 1 aliphatic rings. The highest BCUT2D eigenvalue weighted by Gasteiger charge is 2.29. The summed E-state index contributed by atoms with van der Waals surface area (Å²) < 4.78 is 5.82. The molecule has 28 heavy (non-hydrogen) atoms. The van der Waals surface area contributed by atoms with Crippen molar-refractivity contribution in [1.29, 1.82) is 0 Å². The Balaban J connectivity index is 1.67. The SMILES string of the molecule is O=C(c1cc([N+](=O)[O-])cc([N+](=O)[O-])c1)N1CC[C@@H](OCc2cccc(Cl)c2)C1. The second-order valence-corrected chi connectivity index (χ2v) is 6.79. The Kier molecular flexibility index (Phi) is 5.86. The predicted octanol–water partition coefficient (Wildman–Crippen LogP) is 3.59. The minimum atomic E-state index is -0.759. The second-order valence-electron chi connectivity index (χ2n) is 6.36. The van der Waals surface area contributed by atoms with Gasteiger partial charge in [-0.15, -0.1) is 0 Å². The Hall–Kier alpha value is -3.04. The third-order valence-electron chi connectivity index (χ3n) is 4.38. The number of non-ortho nitro benzene ring substituents is 2. The molecule has 1 atom stereocenters. The van der Waals surface area contributed by atoms with E-state index in [1.54, 1.807) is 12.1 Å². The molecule has 0 radical (unpaired) electrons. The lowest BCUT2D eigenvalue weighted by Gasteiger charge is -2.17.